The lowest BCUT2D eigenvalue weighted by molar-refractivity contribution is 0.0938. The van der Waals surface area contributed by atoms with Crippen LogP contribution in [0, 0.1) is 0 Å². The Balaban J connectivity index is 1.47. The first kappa shape index (κ1) is 12.6. The van der Waals surface area contributed by atoms with Crippen LogP contribution in [0.5, 0.6) is 0 Å². The number of carbonyl (C=O) groups is 1. The third-order valence-electron chi connectivity index (χ3n) is 4.49. The molecule has 0 atom stereocenters. The second kappa shape index (κ2) is 5.01. The van der Waals surface area contributed by atoms with Gasteiger partial charge in [-0.15, -0.1) is 0 Å². The summed E-state index contributed by atoms with van der Waals surface area (Å²) in [5, 5.41) is 6.48. The molecule has 3 heteroatoms. The first-order valence-electron chi connectivity index (χ1n) is 7.50. The van der Waals surface area contributed by atoms with Crippen molar-refractivity contribution in [3.8, 4) is 0 Å². The molecule has 21 heavy (non-hydrogen) atoms. The SMILES string of the molecule is O=C(NC1Cc2ccccc2C1)c1ccc2c(c1)CNC2. The summed E-state index contributed by atoms with van der Waals surface area (Å²) in [6, 6.07) is 14.7. The Morgan fingerprint density at radius 2 is 1.67 bits per heavy atom. The van der Waals surface area contributed by atoms with Gasteiger partial charge < -0.3 is 10.6 Å². The smallest absolute Gasteiger partial charge is 0.251 e. The van der Waals surface area contributed by atoms with Gasteiger partial charge in [0.05, 0.1) is 0 Å². The van der Waals surface area contributed by atoms with Gasteiger partial charge in [-0.05, 0) is 47.2 Å². The van der Waals surface area contributed by atoms with Crippen LogP contribution >= 0.6 is 0 Å². The topological polar surface area (TPSA) is 41.1 Å². The maximum absolute atomic E-state index is 12.4. The van der Waals surface area contributed by atoms with Gasteiger partial charge in [-0.1, -0.05) is 30.3 Å². The van der Waals surface area contributed by atoms with Crippen LogP contribution in [0.2, 0.25) is 0 Å². The number of carbonyl (C=O) groups excluding carboxylic acids is 1. The van der Waals surface area contributed by atoms with E-state index in [0.29, 0.717) is 0 Å². The fourth-order valence-electron chi connectivity index (χ4n) is 3.37. The molecule has 3 nitrogen and oxygen atoms in total. The van der Waals surface area contributed by atoms with E-state index in [-0.39, 0.29) is 11.9 Å². The molecule has 4 rings (SSSR count). The highest BCUT2D eigenvalue weighted by Gasteiger charge is 2.23. The molecule has 0 aromatic heterocycles. The summed E-state index contributed by atoms with van der Waals surface area (Å²) < 4.78 is 0. The third-order valence-corrected chi connectivity index (χ3v) is 4.49. The largest absolute Gasteiger partial charge is 0.349 e. The molecule has 2 N–H and O–H groups in total. The highest BCUT2D eigenvalue weighted by atomic mass is 16.1. The molecule has 0 spiro atoms. The van der Waals surface area contributed by atoms with Gasteiger partial charge in [0.2, 0.25) is 0 Å². The summed E-state index contributed by atoms with van der Waals surface area (Å²) in [5.74, 6) is 0.0440. The number of benzene rings is 2. The molecule has 2 aromatic rings. The Hall–Kier alpha value is -2.13. The average molecular weight is 278 g/mol. The predicted molar refractivity (Wildman–Crippen MR) is 82.1 cm³/mol. The first-order valence-corrected chi connectivity index (χ1v) is 7.50. The molecule has 2 aliphatic rings. The molecule has 1 aliphatic carbocycles. The third kappa shape index (κ3) is 2.34. The molecule has 1 heterocycles. The van der Waals surface area contributed by atoms with E-state index in [1.165, 1.54) is 22.3 Å². The normalized spacial score (nSPS) is 16.6. The fourth-order valence-corrected chi connectivity index (χ4v) is 3.37. The van der Waals surface area contributed by atoms with Gasteiger partial charge in [-0.25, -0.2) is 0 Å². The highest BCUT2D eigenvalue weighted by molar-refractivity contribution is 5.94. The van der Waals surface area contributed by atoms with Crippen LogP contribution in [0.3, 0.4) is 0 Å². The number of hydrogen-bond acceptors (Lipinski definition) is 2. The van der Waals surface area contributed by atoms with Crippen molar-refractivity contribution < 1.29 is 4.79 Å². The number of amides is 1. The van der Waals surface area contributed by atoms with Gasteiger partial charge in [-0.3, -0.25) is 4.79 Å². The van der Waals surface area contributed by atoms with Crippen molar-refractivity contribution in [1.82, 2.24) is 10.6 Å². The lowest BCUT2D eigenvalue weighted by atomic mass is 10.1. The molecule has 0 radical (unpaired) electrons. The Kier molecular flexibility index (Phi) is 3.00. The van der Waals surface area contributed by atoms with Crippen molar-refractivity contribution in [2.24, 2.45) is 0 Å². The van der Waals surface area contributed by atoms with Crippen LogP contribution < -0.4 is 10.6 Å². The summed E-state index contributed by atoms with van der Waals surface area (Å²) in [6.45, 7) is 1.78. The van der Waals surface area contributed by atoms with E-state index < -0.39 is 0 Å². The van der Waals surface area contributed by atoms with E-state index in [1.807, 2.05) is 12.1 Å². The van der Waals surface area contributed by atoms with Gasteiger partial charge in [-0.2, -0.15) is 0 Å². The molecular formula is C18H18N2O. The summed E-state index contributed by atoms with van der Waals surface area (Å²) in [6.07, 6.45) is 1.88. The zero-order chi connectivity index (χ0) is 14.2. The van der Waals surface area contributed by atoms with E-state index >= 15 is 0 Å². The van der Waals surface area contributed by atoms with E-state index in [9.17, 15) is 4.79 Å². The Morgan fingerprint density at radius 3 is 2.43 bits per heavy atom. The second-order valence-electron chi connectivity index (χ2n) is 5.93. The Morgan fingerprint density at radius 1 is 0.952 bits per heavy atom. The van der Waals surface area contributed by atoms with E-state index in [1.54, 1.807) is 0 Å². The van der Waals surface area contributed by atoms with Crippen LogP contribution in [0.4, 0.5) is 0 Å². The van der Waals surface area contributed by atoms with Crippen molar-refractivity contribution in [2.75, 3.05) is 0 Å². The average Bonchev–Trinajstić information content (AvgIpc) is 3.11. The van der Waals surface area contributed by atoms with Crippen molar-refractivity contribution in [3.63, 3.8) is 0 Å². The van der Waals surface area contributed by atoms with Crippen LogP contribution in [0.15, 0.2) is 42.5 Å². The van der Waals surface area contributed by atoms with Gasteiger partial charge in [0.1, 0.15) is 0 Å². The van der Waals surface area contributed by atoms with Crippen LogP contribution in [-0.2, 0) is 25.9 Å². The molecule has 106 valence electrons. The molecule has 0 fully saturated rings. The van der Waals surface area contributed by atoms with Gasteiger partial charge >= 0.3 is 0 Å². The number of rotatable bonds is 2. The minimum Gasteiger partial charge on any atom is -0.349 e. The quantitative estimate of drug-likeness (QED) is 0.884. The first-order chi connectivity index (χ1) is 10.3. The maximum Gasteiger partial charge on any atom is 0.251 e. The number of fused-ring (bicyclic) bond motifs is 2. The van der Waals surface area contributed by atoms with Crippen LogP contribution in [-0.4, -0.2) is 11.9 Å². The molecule has 1 amide bonds. The standard InChI is InChI=1S/C18H18N2O/c21-18(14-5-6-15-10-19-11-16(15)7-14)20-17-8-12-3-1-2-4-13(12)9-17/h1-7,17,19H,8-11H2,(H,20,21). The van der Waals surface area contributed by atoms with Gasteiger partial charge in [0.15, 0.2) is 0 Å². The minimum absolute atomic E-state index is 0.0440. The molecular weight excluding hydrogens is 260 g/mol. The van der Waals surface area contributed by atoms with Crippen molar-refractivity contribution in [3.05, 3.63) is 70.3 Å². The molecule has 0 saturated heterocycles. The summed E-state index contributed by atoms with van der Waals surface area (Å²) >= 11 is 0. The van der Waals surface area contributed by atoms with E-state index in [2.05, 4.69) is 41.0 Å². The predicted octanol–water partition coefficient (Wildman–Crippen LogP) is 2.19. The zero-order valence-corrected chi connectivity index (χ0v) is 11.9. The van der Waals surface area contributed by atoms with E-state index in [0.717, 1.165) is 31.5 Å². The number of hydrogen-bond donors (Lipinski definition) is 2. The Bertz CT molecular complexity index is 683. The monoisotopic (exact) mass is 278 g/mol. The molecule has 0 unspecified atom stereocenters. The number of nitrogens with one attached hydrogen (secondary N) is 2. The maximum atomic E-state index is 12.4. The molecule has 0 saturated carbocycles. The zero-order valence-electron chi connectivity index (χ0n) is 11.9. The molecule has 2 aromatic carbocycles. The van der Waals surface area contributed by atoms with Gasteiger partial charge in [0, 0.05) is 24.7 Å². The molecule has 1 aliphatic heterocycles. The second-order valence-corrected chi connectivity index (χ2v) is 5.93. The van der Waals surface area contributed by atoms with E-state index in [4.69, 9.17) is 0 Å². The Labute approximate surface area is 124 Å². The van der Waals surface area contributed by atoms with Crippen molar-refractivity contribution >= 4 is 5.91 Å². The lowest BCUT2D eigenvalue weighted by Gasteiger charge is -2.12. The highest BCUT2D eigenvalue weighted by Crippen LogP contribution is 2.22. The lowest BCUT2D eigenvalue weighted by Crippen LogP contribution is -2.35. The van der Waals surface area contributed by atoms with Crippen LogP contribution in [0.1, 0.15) is 32.6 Å². The minimum atomic E-state index is 0.0440. The van der Waals surface area contributed by atoms with Crippen molar-refractivity contribution in [1.29, 1.82) is 0 Å². The van der Waals surface area contributed by atoms with Gasteiger partial charge in [0.25, 0.3) is 5.91 Å². The summed E-state index contributed by atoms with van der Waals surface area (Å²) in [5.41, 5.74) is 6.05. The molecule has 0 bridgehead atoms. The van der Waals surface area contributed by atoms with Crippen LogP contribution in [0.25, 0.3) is 0 Å². The fraction of sp³-hybridized carbons (Fsp3) is 0.278. The summed E-state index contributed by atoms with van der Waals surface area (Å²) in [4.78, 5) is 12.4. The van der Waals surface area contributed by atoms with Crippen molar-refractivity contribution in [2.45, 2.75) is 32.0 Å². The summed E-state index contributed by atoms with van der Waals surface area (Å²) in [7, 11) is 0.